The molecule has 3 aromatic carbocycles. The van der Waals surface area contributed by atoms with E-state index in [9.17, 15) is 4.79 Å². The van der Waals surface area contributed by atoms with E-state index in [1.165, 1.54) is 33.4 Å². The molecular weight excluding hydrogens is 406 g/mol. The van der Waals surface area contributed by atoms with Gasteiger partial charge >= 0.3 is 0 Å². The number of likely N-dealkylation sites (tertiary alicyclic amines) is 1. The van der Waals surface area contributed by atoms with Crippen LogP contribution in [0.2, 0.25) is 0 Å². The number of para-hydroxylation sites is 2. The summed E-state index contributed by atoms with van der Waals surface area (Å²) in [5.41, 5.74) is 10.0. The monoisotopic (exact) mass is 437 g/mol. The molecule has 4 heteroatoms. The fourth-order valence-electron chi connectivity index (χ4n) is 5.17. The van der Waals surface area contributed by atoms with E-state index >= 15 is 0 Å². The Hall–Kier alpha value is -3.40. The van der Waals surface area contributed by atoms with Gasteiger partial charge < -0.3 is 9.47 Å². The molecular formula is C29H31N3O. The number of nitrogens with zero attached hydrogens (tertiary/aromatic N) is 3. The molecule has 1 fully saturated rings. The zero-order chi connectivity index (χ0) is 23.1. The molecule has 5 rings (SSSR count). The van der Waals surface area contributed by atoms with Gasteiger partial charge in [0, 0.05) is 32.0 Å². The Bertz CT molecular complexity index is 1310. The van der Waals surface area contributed by atoms with Crippen molar-refractivity contribution in [3.05, 3.63) is 99.9 Å². The molecule has 4 nitrogen and oxygen atoms in total. The molecule has 1 unspecified atom stereocenters. The van der Waals surface area contributed by atoms with Gasteiger partial charge in [-0.05, 0) is 73.2 Å². The van der Waals surface area contributed by atoms with Crippen molar-refractivity contribution in [1.82, 2.24) is 14.5 Å². The van der Waals surface area contributed by atoms with Gasteiger partial charge in [-0.2, -0.15) is 0 Å². The predicted octanol–water partition coefficient (Wildman–Crippen LogP) is 5.83. The van der Waals surface area contributed by atoms with Crippen LogP contribution in [-0.4, -0.2) is 26.9 Å². The molecule has 0 aliphatic carbocycles. The third-order valence-corrected chi connectivity index (χ3v) is 7.32. The van der Waals surface area contributed by atoms with Gasteiger partial charge in [0.1, 0.15) is 5.82 Å². The Kier molecular flexibility index (Phi) is 5.53. The zero-order valence-corrected chi connectivity index (χ0v) is 19.9. The molecule has 0 bridgehead atoms. The van der Waals surface area contributed by atoms with Crippen LogP contribution >= 0.6 is 0 Å². The van der Waals surface area contributed by atoms with Gasteiger partial charge in [-0.1, -0.05) is 48.5 Å². The lowest BCUT2D eigenvalue weighted by atomic mass is 9.94. The lowest BCUT2D eigenvalue weighted by Crippen LogP contribution is -2.24. The quantitative estimate of drug-likeness (QED) is 0.394. The summed E-state index contributed by atoms with van der Waals surface area (Å²) < 4.78 is 2.35. The minimum Gasteiger partial charge on any atom is -0.338 e. The first-order chi connectivity index (χ1) is 15.9. The van der Waals surface area contributed by atoms with E-state index in [1.807, 2.05) is 29.2 Å². The first-order valence-corrected chi connectivity index (χ1v) is 11.8. The number of aromatic nitrogens is 2. The lowest BCUT2D eigenvalue weighted by molar-refractivity contribution is -0.128. The highest BCUT2D eigenvalue weighted by Gasteiger charge is 2.34. The van der Waals surface area contributed by atoms with Crippen LogP contribution in [0.3, 0.4) is 0 Å². The van der Waals surface area contributed by atoms with Crippen LogP contribution in [0, 0.1) is 27.7 Å². The van der Waals surface area contributed by atoms with Gasteiger partial charge in [-0.3, -0.25) is 4.79 Å². The van der Waals surface area contributed by atoms with E-state index in [2.05, 4.69) is 68.7 Å². The maximum Gasteiger partial charge on any atom is 0.223 e. The van der Waals surface area contributed by atoms with E-state index in [0.717, 1.165) is 23.4 Å². The van der Waals surface area contributed by atoms with Crippen LogP contribution in [0.4, 0.5) is 0 Å². The summed E-state index contributed by atoms with van der Waals surface area (Å²) in [6.07, 6.45) is 0.515. The Balaban J connectivity index is 1.53. The summed E-state index contributed by atoms with van der Waals surface area (Å²) in [5.74, 6) is 1.33. The summed E-state index contributed by atoms with van der Waals surface area (Å²) in [7, 11) is 0. The summed E-state index contributed by atoms with van der Waals surface area (Å²) in [6.45, 7) is 11.0. The zero-order valence-electron chi connectivity index (χ0n) is 19.9. The molecule has 1 aromatic heterocycles. The molecule has 1 aliphatic heterocycles. The van der Waals surface area contributed by atoms with Crippen LogP contribution in [0.15, 0.2) is 60.7 Å². The summed E-state index contributed by atoms with van der Waals surface area (Å²) in [4.78, 5) is 20.0. The van der Waals surface area contributed by atoms with Crippen LogP contribution in [0.1, 0.15) is 51.5 Å². The third-order valence-electron chi connectivity index (χ3n) is 7.32. The van der Waals surface area contributed by atoms with Crippen LogP contribution in [0.25, 0.3) is 11.0 Å². The maximum atomic E-state index is 12.9. The number of carbonyl (C=O) groups excluding carboxylic acids is 1. The van der Waals surface area contributed by atoms with Crippen molar-refractivity contribution in [2.45, 2.75) is 53.1 Å². The van der Waals surface area contributed by atoms with Gasteiger partial charge in [-0.25, -0.2) is 4.98 Å². The number of aryl methyl sites for hydroxylation is 2. The largest absolute Gasteiger partial charge is 0.338 e. The van der Waals surface area contributed by atoms with E-state index in [0.29, 0.717) is 19.5 Å². The normalized spacial score (nSPS) is 16.2. The van der Waals surface area contributed by atoms with E-state index in [1.54, 1.807) is 0 Å². The number of imidazole rings is 1. The molecule has 0 N–H and O–H groups in total. The highest BCUT2D eigenvalue weighted by atomic mass is 16.2. The first kappa shape index (κ1) is 21.4. The molecule has 0 radical (unpaired) electrons. The van der Waals surface area contributed by atoms with Crippen molar-refractivity contribution in [2.24, 2.45) is 0 Å². The molecule has 0 spiro atoms. The number of amides is 1. The number of benzene rings is 3. The Morgan fingerprint density at radius 1 is 0.879 bits per heavy atom. The summed E-state index contributed by atoms with van der Waals surface area (Å²) in [5, 5.41) is 0. The van der Waals surface area contributed by atoms with Crippen LogP contribution in [0.5, 0.6) is 0 Å². The Morgan fingerprint density at radius 3 is 2.27 bits per heavy atom. The fraction of sp³-hybridized carbons (Fsp3) is 0.310. The molecule has 1 atom stereocenters. The lowest BCUT2D eigenvalue weighted by Gasteiger charge is -2.20. The minimum absolute atomic E-state index is 0.0973. The highest BCUT2D eigenvalue weighted by molar-refractivity contribution is 5.81. The maximum absolute atomic E-state index is 12.9. The van der Waals surface area contributed by atoms with Gasteiger partial charge in [-0.15, -0.1) is 0 Å². The molecule has 168 valence electrons. The van der Waals surface area contributed by atoms with E-state index in [4.69, 9.17) is 4.98 Å². The van der Waals surface area contributed by atoms with Crippen LogP contribution in [-0.2, 0) is 17.9 Å². The second-order valence-electron chi connectivity index (χ2n) is 9.44. The molecule has 1 saturated heterocycles. The molecule has 33 heavy (non-hydrogen) atoms. The van der Waals surface area contributed by atoms with Crippen molar-refractivity contribution >= 4 is 16.9 Å². The molecule has 1 amide bonds. The molecule has 4 aromatic rings. The smallest absolute Gasteiger partial charge is 0.223 e. The number of fused-ring (bicyclic) bond motifs is 1. The Labute approximate surface area is 195 Å². The standard InChI is InChI=1S/C29H31N3O/c1-19-14-20(2)22(4)25(21(19)3)18-32-27-13-9-8-12-26(27)30-29(32)24-15-28(33)31(17-24)16-23-10-6-5-7-11-23/h5-14,24H,15-18H2,1-4H3. The second-order valence-corrected chi connectivity index (χ2v) is 9.44. The average molecular weight is 438 g/mol. The molecule has 0 saturated carbocycles. The van der Waals surface area contributed by atoms with E-state index < -0.39 is 0 Å². The number of hydrogen-bond donors (Lipinski definition) is 0. The Morgan fingerprint density at radius 2 is 1.55 bits per heavy atom. The fourth-order valence-corrected chi connectivity index (χ4v) is 5.17. The van der Waals surface area contributed by atoms with Gasteiger partial charge in [0.25, 0.3) is 0 Å². The third kappa shape index (κ3) is 3.95. The second kappa shape index (κ2) is 8.51. The average Bonchev–Trinajstić information content (AvgIpc) is 3.36. The van der Waals surface area contributed by atoms with Crippen molar-refractivity contribution in [3.8, 4) is 0 Å². The predicted molar refractivity (Wildman–Crippen MR) is 133 cm³/mol. The van der Waals surface area contributed by atoms with Crippen LogP contribution < -0.4 is 0 Å². The van der Waals surface area contributed by atoms with Crippen molar-refractivity contribution in [3.63, 3.8) is 0 Å². The number of carbonyl (C=O) groups is 1. The van der Waals surface area contributed by atoms with Gasteiger partial charge in [0.05, 0.1) is 11.0 Å². The van der Waals surface area contributed by atoms with Crippen molar-refractivity contribution < 1.29 is 4.79 Å². The summed E-state index contributed by atoms with van der Waals surface area (Å²) in [6, 6.07) is 20.9. The topological polar surface area (TPSA) is 38.1 Å². The highest BCUT2D eigenvalue weighted by Crippen LogP contribution is 2.33. The number of rotatable bonds is 5. The molecule has 1 aliphatic rings. The SMILES string of the molecule is Cc1cc(C)c(C)c(Cn2c(C3CC(=O)N(Cc4ccccc4)C3)nc3ccccc32)c1C. The minimum atomic E-state index is 0.0973. The van der Waals surface area contributed by atoms with Crippen molar-refractivity contribution in [1.29, 1.82) is 0 Å². The molecule has 2 heterocycles. The first-order valence-electron chi connectivity index (χ1n) is 11.8. The van der Waals surface area contributed by atoms with E-state index in [-0.39, 0.29) is 11.8 Å². The number of hydrogen-bond acceptors (Lipinski definition) is 2. The van der Waals surface area contributed by atoms with Crippen molar-refractivity contribution in [2.75, 3.05) is 6.54 Å². The van der Waals surface area contributed by atoms with Gasteiger partial charge in [0.15, 0.2) is 0 Å². The summed E-state index contributed by atoms with van der Waals surface area (Å²) >= 11 is 0. The van der Waals surface area contributed by atoms with Gasteiger partial charge in [0.2, 0.25) is 5.91 Å².